The van der Waals surface area contributed by atoms with Gasteiger partial charge in [-0.2, -0.15) is 10.2 Å². The average Bonchev–Trinajstić information content (AvgIpc) is 3.01. The molecule has 0 radical (unpaired) electrons. The highest BCUT2D eigenvalue weighted by molar-refractivity contribution is 6.62. The van der Waals surface area contributed by atoms with E-state index >= 15 is 0 Å². The third-order valence-corrected chi connectivity index (χ3v) is 1.43. The van der Waals surface area contributed by atoms with E-state index in [2.05, 4.69) is 31.3 Å². The second-order valence-corrected chi connectivity index (χ2v) is 2.55. The summed E-state index contributed by atoms with van der Waals surface area (Å²) in [5, 5.41) is 14.0. The fourth-order valence-corrected chi connectivity index (χ4v) is 0.630. The zero-order valence-corrected chi connectivity index (χ0v) is 7.81. The van der Waals surface area contributed by atoms with Gasteiger partial charge in [-0.1, -0.05) is 0 Å². The summed E-state index contributed by atoms with van der Waals surface area (Å²) in [5.74, 6) is 9.78. The topological polar surface area (TPSA) is 178 Å². The number of hydrazone groups is 4. The molecule has 0 unspecified atom stereocenters. The van der Waals surface area contributed by atoms with Crippen molar-refractivity contribution >= 4 is 23.3 Å². The molecule has 0 saturated heterocycles. The van der Waals surface area contributed by atoms with Crippen LogP contribution in [0.2, 0.25) is 0 Å². The second kappa shape index (κ2) is 4.64. The summed E-state index contributed by atoms with van der Waals surface area (Å²) in [6.07, 6.45) is 0.621. The van der Waals surface area contributed by atoms with Crippen LogP contribution in [0.5, 0.6) is 0 Å². The molecular formula is C5H12N10. The van der Waals surface area contributed by atoms with Crippen LogP contribution in [0.15, 0.2) is 20.4 Å². The first-order valence-electron chi connectivity index (χ1n) is 3.89. The molecule has 1 rings (SSSR count). The first-order valence-corrected chi connectivity index (χ1v) is 3.89. The van der Waals surface area contributed by atoms with Gasteiger partial charge in [-0.05, 0) is 0 Å². The van der Waals surface area contributed by atoms with Gasteiger partial charge < -0.3 is 23.2 Å². The van der Waals surface area contributed by atoms with E-state index in [0.29, 0.717) is 6.42 Å². The molecule has 1 saturated carbocycles. The molecule has 10 N–H and O–H groups in total. The lowest BCUT2D eigenvalue weighted by Crippen LogP contribution is -2.29. The van der Waals surface area contributed by atoms with Gasteiger partial charge in [-0.3, -0.25) is 0 Å². The number of nitrogens with one attached hydrogen (secondary N) is 2. The van der Waals surface area contributed by atoms with Crippen molar-refractivity contribution in [2.75, 3.05) is 0 Å². The van der Waals surface area contributed by atoms with Gasteiger partial charge >= 0.3 is 0 Å². The Bertz CT molecular complexity index is 315. The smallest absolute Gasteiger partial charge is 0.231 e. The first kappa shape index (κ1) is 10.6. The van der Waals surface area contributed by atoms with Crippen molar-refractivity contribution in [1.29, 1.82) is 0 Å². The summed E-state index contributed by atoms with van der Waals surface area (Å²) in [4.78, 5) is 0. The third-order valence-electron chi connectivity index (χ3n) is 1.43. The Balaban J connectivity index is 2.40. The molecule has 0 aromatic heterocycles. The van der Waals surface area contributed by atoms with E-state index in [1.54, 1.807) is 0 Å². The van der Waals surface area contributed by atoms with E-state index in [-0.39, 0.29) is 11.9 Å². The van der Waals surface area contributed by atoms with Crippen molar-refractivity contribution in [3.8, 4) is 0 Å². The number of hydrogen-bond donors (Lipinski definition) is 6. The molecule has 0 bridgehead atoms. The van der Waals surface area contributed by atoms with Gasteiger partial charge in [-0.25, -0.2) is 10.9 Å². The zero-order chi connectivity index (χ0) is 11.3. The monoisotopic (exact) mass is 212 g/mol. The van der Waals surface area contributed by atoms with Gasteiger partial charge in [0, 0.05) is 6.42 Å². The molecule has 82 valence electrons. The molecule has 0 aromatic carbocycles. The number of guanidine groups is 2. The maximum Gasteiger partial charge on any atom is 0.231 e. The Hall–Kier alpha value is -2.52. The maximum absolute atomic E-state index is 5.23. The van der Waals surface area contributed by atoms with Crippen molar-refractivity contribution in [3.63, 3.8) is 0 Å². The summed E-state index contributed by atoms with van der Waals surface area (Å²) >= 11 is 0. The number of rotatable bonds is 2. The molecule has 0 atom stereocenters. The van der Waals surface area contributed by atoms with Gasteiger partial charge in [0.1, 0.15) is 0 Å². The summed E-state index contributed by atoms with van der Waals surface area (Å²) in [7, 11) is 0. The van der Waals surface area contributed by atoms with E-state index < -0.39 is 0 Å². The fraction of sp³-hybridized carbons (Fsp3) is 0.200. The molecule has 1 aliphatic rings. The molecule has 0 heterocycles. The van der Waals surface area contributed by atoms with E-state index in [1.807, 2.05) is 0 Å². The summed E-state index contributed by atoms with van der Waals surface area (Å²) < 4.78 is 0. The molecule has 10 heteroatoms. The van der Waals surface area contributed by atoms with E-state index in [0.717, 1.165) is 11.4 Å². The molecule has 1 aliphatic carbocycles. The molecule has 15 heavy (non-hydrogen) atoms. The largest absolute Gasteiger partial charge is 0.367 e. The molecule has 0 aliphatic heterocycles. The van der Waals surface area contributed by atoms with Crippen LogP contribution in [0.25, 0.3) is 0 Å². The highest BCUT2D eigenvalue weighted by atomic mass is 15.4. The summed E-state index contributed by atoms with van der Waals surface area (Å²) in [5.41, 5.74) is 16.8. The Morgan fingerprint density at radius 1 is 0.933 bits per heavy atom. The highest BCUT2D eigenvalue weighted by Gasteiger charge is 2.26. The quantitative estimate of drug-likeness (QED) is 0.120. The van der Waals surface area contributed by atoms with Crippen LogP contribution in [-0.2, 0) is 0 Å². The van der Waals surface area contributed by atoms with Crippen LogP contribution < -0.4 is 34.0 Å². The minimum atomic E-state index is 0.0183. The lowest BCUT2D eigenvalue weighted by atomic mass is 10.8. The SMILES string of the molecule is NN=C(N)NN=C1CC1=NNC(N)=NN. The van der Waals surface area contributed by atoms with Crippen LogP contribution in [-0.4, -0.2) is 23.3 Å². The second-order valence-electron chi connectivity index (χ2n) is 2.55. The predicted molar refractivity (Wildman–Crippen MR) is 57.4 cm³/mol. The summed E-state index contributed by atoms with van der Waals surface area (Å²) in [6, 6.07) is 0. The van der Waals surface area contributed by atoms with Crippen LogP contribution in [0.1, 0.15) is 6.42 Å². The van der Waals surface area contributed by atoms with E-state index in [9.17, 15) is 0 Å². The van der Waals surface area contributed by atoms with Crippen molar-refractivity contribution in [1.82, 2.24) is 10.9 Å². The van der Waals surface area contributed by atoms with Crippen molar-refractivity contribution in [3.05, 3.63) is 0 Å². The highest BCUT2D eigenvalue weighted by Crippen LogP contribution is 2.09. The molecule has 1 fully saturated rings. The Labute approximate surface area is 85.1 Å². The third kappa shape index (κ3) is 3.38. The van der Waals surface area contributed by atoms with Gasteiger partial charge in [-0.15, -0.1) is 10.2 Å². The molecular weight excluding hydrogens is 200 g/mol. The first-order chi connectivity index (χ1) is 7.17. The Kier molecular flexibility index (Phi) is 3.27. The average molecular weight is 212 g/mol. The van der Waals surface area contributed by atoms with E-state index in [4.69, 9.17) is 23.2 Å². The van der Waals surface area contributed by atoms with Crippen molar-refractivity contribution in [2.24, 2.45) is 43.6 Å². The zero-order valence-electron chi connectivity index (χ0n) is 7.81. The van der Waals surface area contributed by atoms with Gasteiger partial charge in [0.2, 0.25) is 11.9 Å². The number of nitrogens with two attached hydrogens (primary N) is 4. The molecule has 0 spiro atoms. The number of nitrogens with zero attached hydrogens (tertiary/aromatic N) is 4. The number of hydrogen-bond acceptors (Lipinski definition) is 6. The summed E-state index contributed by atoms with van der Waals surface area (Å²) in [6.45, 7) is 0. The minimum absolute atomic E-state index is 0.0183. The predicted octanol–water partition coefficient (Wildman–Crippen LogP) is -3.34. The lowest BCUT2D eigenvalue weighted by molar-refractivity contribution is 0.987. The van der Waals surface area contributed by atoms with Gasteiger partial charge in [0.25, 0.3) is 0 Å². The van der Waals surface area contributed by atoms with Crippen molar-refractivity contribution < 1.29 is 0 Å². The Morgan fingerprint density at radius 3 is 1.67 bits per heavy atom. The lowest BCUT2D eigenvalue weighted by Gasteiger charge is -1.94. The minimum Gasteiger partial charge on any atom is -0.367 e. The maximum atomic E-state index is 5.23. The molecule has 0 amide bonds. The fourth-order valence-electron chi connectivity index (χ4n) is 0.630. The van der Waals surface area contributed by atoms with Crippen molar-refractivity contribution in [2.45, 2.75) is 6.42 Å². The molecule has 0 aromatic rings. The van der Waals surface area contributed by atoms with Crippen LogP contribution in [0.4, 0.5) is 0 Å². The van der Waals surface area contributed by atoms with Gasteiger partial charge in [0.05, 0.1) is 11.4 Å². The van der Waals surface area contributed by atoms with E-state index in [1.165, 1.54) is 0 Å². The normalized spacial score (nSPS) is 21.9. The molecule has 10 nitrogen and oxygen atoms in total. The van der Waals surface area contributed by atoms with Crippen LogP contribution >= 0.6 is 0 Å². The van der Waals surface area contributed by atoms with Gasteiger partial charge in [0.15, 0.2) is 0 Å². The Morgan fingerprint density at radius 2 is 1.33 bits per heavy atom. The van der Waals surface area contributed by atoms with Crippen LogP contribution in [0, 0.1) is 0 Å². The standard InChI is InChI=1S/C5H12N10/c6-4(10-8)14-12-2-1-3(2)13-15-5(7)11-9/h1,8-9H2,(H3,6,10,14)(H3,7,11,15). The van der Waals surface area contributed by atoms with Crippen LogP contribution in [0.3, 0.4) is 0 Å².